The zero-order valence-electron chi connectivity index (χ0n) is 16.5. The molecule has 0 atom stereocenters. The summed E-state index contributed by atoms with van der Waals surface area (Å²) in [6.07, 6.45) is -2.11. The summed E-state index contributed by atoms with van der Waals surface area (Å²) < 4.78 is 40.7. The van der Waals surface area contributed by atoms with E-state index in [2.05, 4.69) is 31.1 Å². The van der Waals surface area contributed by atoms with Crippen molar-refractivity contribution in [3.8, 4) is 11.4 Å². The first-order chi connectivity index (χ1) is 14.9. The molecule has 1 aromatic heterocycles. The molecule has 162 valence electrons. The van der Waals surface area contributed by atoms with Gasteiger partial charge in [-0.05, 0) is 47.0 Å². The van der Waals surface area contributed by atoms with Gasteiger partial charge in [0.2, 0.25) is 0 Å². The fourth-order valence-electron chi connectivity index (χ4n) is 4.12. The third-order valence-electron chi connectivity index (χ3n) is 5.78. The van der Waals surface area contributed by atoms with Gasteiger partial charge in [0.25, 0.3) is 0 Å². The summed E-state index contributed by atoms with van der Waals surface area (Å²) in [5, 5.41) is 29.8. The lowest BCUT2D eigenvalue weighted by atomic mass is 9.60. The van der Waals surface area contributed by atoms with Crippen LogP contribution in [0.4, 0.5) is 18.9 Å². The molecule has 0 amide bonds. The van der Waals surface area contributed by atoms with E-state index < -0.39 is 17.2 Å². The topological polar surface area (TPSA) is 99.1 Å². The van der Waals surface area contributed by atoms with Crippen LogP contribution in [0.15, 0.2) is 53.7 Å². The second kappa shape index (κ2) is 8.37. The fraction of sp³-hybridized carbons (Fsp3) is 0.333. The first kappa shape index (κ1) is 20.8. The minimum absolute atomic E-state index is 0.199. The monoisotopic (exact) mass is 430 g/mol. The molecule has 2 aromatic carbocycles. The number of aromatic nitrogens is 4. The maximum atomic E-state index is 13.6. The van der Waals surface area contributed by atoms with E-state index >= 15 is 0 Å². The highest BCUT2D eigenvalue weighted by Crippen LogP contribution is 2.50. The van der Waals surface area contributed by atoms with Crippen LogP contribution < -0.4 is 5.32 Å². The second-order valence-corrected chi connectivity index (χ2v) is 7.70. The number of nitrogens with one attached hydrogen (secondary N) is 2. The number of rotatable bonds is 7. The molecule has 10 heteroatoms. The average molecular weight is 430 g/mol. The van der Waals surface area contributed by atoms with Crippen LogP contribution in [-0.2, 0) is 11.6 Å². The minimum atomic E-state index is -4.43. The minimum Gasteiger partial charge on any atom is -0.411 e. The molecule has 0 radical (unpaired) electrons. The highest BCUT2D eigenvalue weighted by atomic mass is 19.4. The van der Waals surface area contributed by atoms with Crippen molar-refractivity contribution < 1.29 is 18.4 Å². The number of H-pyrrole nitrogens is 1. The van der Waals surface area contributed by atoms with Gasteiger partial charge >= 0.3 is 6.18 Å². The Morgan fingerprint density at radius 1 is 1.16 bits per heavy atom. The zero-order chi connectivity index (χ0) is 21.9. The van der Waals surface area contributed by atoms with Gasteiger partial charge in [-0.2, -0.15) is 13.2 Å². The molecule has 1 aliphatic carbocycles. The summed E-state index contributed by atoms with van der Waals surface area (Å²) in [5.74, 6) is 0.511. The van der Waals surface area contributed by atoms with E-state index in [1.165, 1.54) is 6.07 Å². The molecule has 4 rings (SSSR count). The van der Waals surface area contributed by atoms with E-state index in [1.807, 2.05) is 24.3 Å². The van der Waals surface area contributed by atoms with Gasteiger partial charge in [0.1, 0.15) is 0 Å². The Labute approximate surface area is 176 Å². The standard InChI is InChI=1S/C21H21F3N6O/c22-21(23,24)18-8-2-1-7-17(18)20(9-4-10-20)12-16(28-31)13-25-15-6-3-5-14(11-15)19-26-29-30-27-19/h1-3,5-8,11,25,31H,4,9-10,12-13H2,(H,26,27,29,30)/b28-16+. The van der Waals surface area contributed by atoms with Gasteiger partial charge < -0.3 is 10.5 Å². The Morgan fingerprint density at radius 2 is 1.97 bits per heavy atom. The average Bonchev–Trinajstić information content (AvgIpc) is 3.27. The van der Waals surface area contributed by atoms with Crippen LogP contribution in [0.1, 0.15) is 36.8 Å². The van der Waals surface area contributed by atoms with E-state index in [0.29, 0.717) is 24.4 Å². The lowest BCUT2D eigenvalue weighted by Gasteiger charge is -2.44. The van der Waals surface area contributed by atoms with Crippen LogP contribution >= 0.6 is 0 Å². The molecular weight excluding hydrogens is 409 g/mol. The van der Waals surface area contributed by atoms with Crippen molar-refractivity contribution in [3.05, 3.63) is 59.7 Å². The maximum Gasteiger partial charge on any atom is 0.416 e. The number of aromatic amines is 1. The number of halogens is 3. The number of oxime groups is 1. The Morgan fingerprint density at radius 3 is 2.61 bits per heavy atom. The van der Waals surface area contributed by atoms with E-state index in [4.69, 9.17) is 0 Å². The first-order valence-electron chi connectivity index (χ1n) is 9.86. The summed E-state index contributed by atoms with van der Waals surface area (Å²) >= 11 is 0. The summed E-state index contributed by atoms with van der Waals surface area (Å²) in [6.45, 7) is 0.199. The number of hydrogen-bond acceptors (Lipinski definition) is 6. The normalized spacial score (nSPS) is 16.0. The zero-order valence-corrected chi connectivity index (χ0v) is 16.5. The highest BCUT2D eigenvalue weighted by molar-refractivity contribution is 5.89. The predicted molar refractivity (Wildman–Crippen MR) is 109 cm³/mol. The number of tetrazole rings is 1. The van der Waals surface area contributed by atoms with E-state index in [1.54, 1.807) is 12.1 Å². The molecular formula is C21H21F3N6O. The van der Waals surface area contributed by atoms with Crippen LogP contribution in [0.25, 0.3) is 11.4 Å². The highest BCUT2D eigenvalue weighted by Gasteiger charge is 2.45. The van der Waals surface area contributed by atoms with Crippen LogP contribution in [0.2, 0.25) is 0 Å². The van der Waals surface area contributed by atoms with Crippen molar-refractivity contribution in [1.29, 1.82) is 0 Å². The molecule has 3 aromatic rings. The summed E-state index contributed by atoms with van der Waals surface area (Å²) in [6, 6.07) is 13.0. The maximum absolute atomic E-state index is 13.6. The van der Waals surface area contributed by atoms with Crippen LogP contribution in [0.5, 0.6) is 0 Å². The van der Waals surface area contributed by atoms with Crippen molar-refractivity contribution in [2.75, 3.05) is 11.9 Å². The molecule has 1 saturated carbocycles. The SMILES string of the molecule is O/N=C(/CNc1cccc(-c2nnn[nH]2)c1)CC1(c2ccccc2C(F)(F)F)CCC1. The van der Waals surface area contributed by atoms with Crippen molar-refractivity contribution in [3.63, 3.8) is 0 Å². The Balaban J connectivity index is 1.50. The van der Waals surface area contributed by atoms with Gasteiger partial charge in [-0.15, -0.1) is 5.10 Å². The number of nitrogens with zero attached hydrogens (tertiary/aromatic N) is 4. The number of benzene rings is 2. The van der Waals surface area contributed by atoms with Crippen molar-refractivity contribution in [1.82, 2.24) is 20.6 Å². The summed E-state index contributed by atoms with van der Waals surface area (Å²) in [5.41, 5.74) is 0.884. The molecule has 1 aliphatic rings. The van der Waals surface area contributed by atoms with Crippen LogP contribution in [-0.4, -0.2) is 38.1 Å². The van der Waals surface area contributed by atoms with E-state index in [0.717, 1.165) is 23.7 Å². The Kier molecular flexibility index (Phi) is 5.62. The second-order valence-electron chi connectivity index (χ2n) is 7.70. The molecule has 0 saturated heterocycles. The lowest BCUT2D eigenvalue weighted by Crippen LogP contribution is -2.39. The van der Waals surface area contributed by atoms with Crippen molar-refractivity contribution in [2.45, 2.75) is 37.3 Å². The van der Waals surface area contributed by atoms with Crippen molar-refractivity contribution >= 4 is 11.4 Å². The summed E-state index contributed by atoms with van der Waals surface area (Å²) in [7, 11) is 0. The molecule has 31 heavy (non-hydrogen) atoms. The Hall–Kier alpha value is -3.43. The molecule has 0 spiro atoms. The fourth-order valence-corrected chi connectivity index (χ4v) is 4.12. The van der Waals surface area contributed by atoms with Gasteiger partial charge in [0.05, 0.1) is 17.8 Å². The molecule has 7 nitrogen and oxygen atoms in total. The first-order valence-corrected chi connectivity index (χ1v) is 9.86. The van der Waals surface area contributed by atoms with E-state index in [9.17, 15) is 18.4 Å². The molecule has 0 bridgehead atoms. The van der Waals surface area contributed by atoms with Crippen LogP contribution in [0, 0.1) is 0 Å². The number of hydrogen-bond donors (Lipinski definition) is 3. The van der Waals surface area contributed by atoms with Gasteiger partial charge in [0.15, 0.2) is 5.82 Å². The number of anilines is 1. The molecule has 3 N–H and O–H groups in total. The van der Waals surface area contributed by atoms with Gasteiger partial charge in [0, 0.05) is 23.1 Å². The third kappa shape index (κ3) is 4.37. The van der Waals surface area contributed by atoms with Gasteiger partial charge in [-0.25, -0.2) is 5.10 Å². The quantitative estimate of drug-likeness (QED) is 0.288. The number of alkyl halides is 3. The summed E-state index contributed by atoms with van der Waals surface area (Å²) in [4.78, 5) is 0. The molecule has 0 aliphatic heterocycles. The van der Waals surface area contributed by atoms with Gasteiger partial charge in [-0.1, -0.05) is 41.9 Å². The predicted octanol–water partition coefficient (Wildman–Crippen LogP) is 4.64. The Bertz CT molecular complexity index is 1060. The van der Waals surface area contributed by atoms with E-state index in [-0.39, 0.29) is 18.5 Å². The molecule has 1 heterocycles. The lowest BCUT2D eigenvalue weighted by molar-refractivity contribution is -0.139. The molecule has 1 fully saturated rings. The molecule has 0 unspecified atom stereocenters. The third-order valence-corrected chi connectivity index (χ3v) is 5.78. The van der Waals surface area contributed by atoms with Crippen LogP contribution in [0.3, 0.4) is 0 Å². The largest absolute Gasteiger partial charge is 0.416 e. The smallest absolute Gasteiger partial charge is 0.411 e. The van der Waals surface area contributed by atoms with Gasteiger partial charge in [-0.3, -0.25) is 0 Å². The van der Waals surface area contributed by atoms with Crippen molar-refractivity contribution in [2.24, 2.45) is 5.16 Å².